The van der Waals surface area contributed by atoms with Gasteiger partial charge in [0.25, 0.3) is 0 Å². The standard InChI is InChI=1S/C11H13FN6O2/c1-3-13-7(2)11-14-15-16-17(11)8-4-5-9(12)10(6-8)18(19)20/h4-7,13H,3H2,1-2H3. The molecule has 0 fully saturated rings. The maximum absolute atomic E-state index is 13.3. The Labute approximate surface area is 113 Å². The summed E-state index contributed by atoms with van der Waals surface area (Å²) in [4.78, 5) is 9.98. The summed E-state index contributed by atoms with van der Waals surface area (Å²) in [6, 6.07) is 3.38. The molecule has 2 rings (SSSR count). The number of benzene rings is 1. The quantitative estimate of drug-likeness (QED) is 0.656. The van der Waals surface area contributed by atoms with Gasteiger partial charge in [-0.3, -0.25) is 10.1 Å². The molecule has 1 aromatic heterocycles. The van der Waals surface area contributed by atoms with Crippen LogP contribution in [0.25, 0.3) is 5.69 Å². The van der Waals surface area contributed by atoms with Gasteiger partial charge in [-0.05, 0) is 36.0 Å². The van der Waals surface area contributed by atoms with E-state index in [4.69, 9.17) is 0 Å². The predicted octanol–water partition coefficient (Wildman–Crippen LogP) is 1.38. The number of nitro groups is 1. The van der Waals surface area contributed by atoms with Gasteiger partial charge in [-0.25, -0.2) is 0 Å². The molecule has 106 valence electrons. The molecule has 1 heterocycles. The SMILES string of the molecule is CCNC(C)c1nnnn1-c1ccc(F)c([N+](=O)[O-])c1. The Balaban J connectivity index is 2.45. The zero-order chi connectivity index (χ0) is 14.7. The molecule has 9 heteroatoms. The van der Waals surface area contributed by atoms with Gasteiger partial charge in [-0.15, -0.1) is 5.10 Å². The lowest BCUT2D eigenvalue weighted by atomic mass is 10.2. The Morgan fingerprint density at radius 1 is 1.55 bits per heavy atom. The molecule has 1 atom stereocenters. The Morgan fingerprint density at radius 3 is 2.95 bits per heavy atom. The van der Waals surface area contributed by atoms with Gasteiger partial charge in [-0.1, -0.05) is 6.92 Å². The lowest BCUT2D eigenvalue weighted by Gasteiger charge is -2.11. The molecule has 0 aliphatic rings. The van der Waals surface area contributed by atoms with Crippen LogP contribution < -0.4 is 5.32 Å². The fourth-order valence-corrected chi connectivity index (χ4v) is 1.82. The second-order valence-corrected chi connectivity index (χ2v) is 4.12. The van der Waals surface area contributed by atoms with E-state index in [1.165, 1.54) is 10.7 Å². The van der Waals surface area contributed by atoms with Crippen LogP contribution in [-0.2, 0) is 0 Å². The first kappa shape index (κ1) is 14.0. The van der Waals surface area contributed by atoms with E-state index >= 15 is 0 Å². The summed E-state index contributed by atoms with van der Waals surface area (Å²) in [6.45, 7) is 4.52. The molecule has 0 saturated carbocycles. The monoisotopic (exact) mass is 280 g/mol. The van der Waals surface area contributed by atoms with Crippen LogP contribution in [0.2, 0.25) is 0 Å². The van der Waals surface area contributed by atoms with Gasteiger partial charge in [0.15, 0.2) is 5.82 Å². The second-order valence-electron chi connectivity index (χ2n) is 4.12. The normalized spacial score (nSPS) is 12.3. The van der Waals surface area contributed by atoms with E-state index in [9.17, 15) is 14.5 Å². The Bertz CT molecular complexity index is 629. The molecule has 0 aliphatic heterocycles. The maximum Gasteiger partial charge on any atom is 0.306 e. The maximum atomic E-state index is 13.3. The summed E-state index contributed by atoms with van der Waals surface area (Å²) in [6.07, 6.45) is 0. The van der Waals surface area contributed by atoms with Crippen molar-refractivity contribution in [3.8, 4) is 5.69 Å². The molecule has 1 N–H and O–H groups in total. The van der Waals surface area contributed by atoms with Gasteiger partial charge in [0, 0.05) is 6.07 Å². The molecule has 0 spiro atoms. The van der Waals surface area contributed by atoms with Crippen molar-refractivity contribution in [2.75, 3.05) is 6.54 Å². The number of tetrazole rings is 1. The van der Waals surface area contributed by atoms with Gasteiger partial charge in [0.1, 0.15) is 0 Å². The molecule has 0 bridgehead atoms. The molecule has 20 heavy (non-hydrogen) atoms. The van der Waals surface area contributed by atoms with Crippen LogP contribution in [0.5, 0.6) is 0 Å². The molecule has 2 aromatic rings. The van der Waals surface area contributed by atoms with E-state index in [-0.39, 0.29) is 6.04 Å². The van der Waals surface area contributed by atoms with E-state index < -0.39 is 16.4 Å². The minimum absolute atomic E-state index is 0.140. The van der Waals surface area contributed by atoms with E-state index in [0.717, 1.165) is 18.7 Å². The average Bonchev–Trinajstić information content (AvgIpc) is 2.88. The number of nitro benzene ring substituents is 1. The van der Waals surface area contributed by atoms with Crippen LogP contribution in [0.3, 0.4) is 0 Å². The Kier molecular flexibility index (Phi) is 3.99. The average molecular weight is 280 g/mol. The molecule has 1 aromatic carbocycles. The number of rotatable bonds is 5. The zero-order valence-electron chi connectivity index (χ0n) is 10.9. The van der Waals surface area contributed by atoms with E-state index in [2.05, 4.69) is 20.8 Å². The summed E-state index contributed by atoms with van der Waals surface area (Å²) in [5.41, 5.74) is -0.275. The van der Waals surface area contributed by atoms with Crippen LogP contribution in [0.4, 0.5) is 10.1 Å². The Hall–Kier alpha value is -2.42. The fourth-order valence-electron chi connectivity index (χ4n) is 1.82. The zero-order valence-corrected chi connectivity index (χ0v) is 10.9. The first-order valence-electron chi connectivity index (χ1n) is 6.00. The summed E-state index contributed by atoms with van der Waals surface area (Å²) in [5.74, 6) is -0.402. The predicted molar refractivity (Wildman–Crippen MR) is 67.9 cm³/mol. The summed E-state index contributed by atoms with van der Waals surface area (Å²) < 4.78 is 14.7. The molecule has 8 nitrogen and oxygen atoms in total. The largest absolute Gasteiger partial charge is 0.308 e. The molecular weight excluding hydrogens is 267 g/mol. The van der Waals surface area contributed by atoms with Crippen LogP contribution in [-0.4, -0.2) is 31.7 Å². The van der Waals surface area contributed by atoms with Gasteiger partial charge in [0.2, 0.25) is 5.82 Å². The minimum Gasteiger partial charge on any atom is -0.308 e. The summed E-state index contributed by atoms with van der Waals surface area (Å²) in [7, 11) is 0. The third-order valence-electron chi connectivity index (χ3n) is 2.76. The molecule has 0 aliphatic carbocycles. The summed E-state index contributed by atoms with van der Waals surface area (Å²) >= 11 is 0. The van der Waals surface area contributed by atoms with E-state index in [1.54, 1.807) is 0 Å². The van der Waals surface area contributed by atoms with Crippen LogP contribution in [0.15, 0.2) is 18.2 Å². The number of nitrogens with one attached hydrogen (secondary N) is 1. The van der Waals surface area contributed by atoms with Crippen molar-refractivity contribution in [1.82, 2.24) is 25.5 Å². The highest BCUT2D eigenvalue weighted by Crippen LogP contribution is 2.22. The highest BCUT2D eigenvalue weighted by molar-refractivity contribution is 5.44. The highest BCUT2D eigenvalue weighted by Gasteiger charge is 2.19. The van der Waals surface area contributed by atoms with Crippen molar-refractivity contribution in [3.63, 3.8) is 0 Å². The van der Waals surface area contributed by atoms with Gasteiger partial charge in [-0.2, -0.15) is 9.07 Å². The number of hydrogen-bond donors (Lipinski definition) is 1. The van der Waals surface area contributed by atoms with Crippen LogP contribution in [0, 0.1) is 15.9 Å². The lowest BCUT2D eigenvalue weighted by molar-refractivity contribution is -0.387. The molecule has 1 unspecified atom stereocenters. The van der Waals surface area contributed by atoms with Crippen molar-refractivity contribution in [2.24, 2.45) is 0 Å². The fraction of sp³-hybridized carbons (Fsp3) is 0.364. The van der Waals surface area contributed by atoms with Crippen molar-refractivity contribution >= 4 is 5.69 Å². The number of hydrogen-bond acceptors (Lipinski definition) is 6. The first-order chi connectivity index (χ1) is 9.54. The van der Waals surface area contributed by atoms with Crippen molar-refractivity contribution < 1.29 is 9.31 Å². The first-order valence-corrected chi connectivity index (χ1v) is 6.00. The topological polar surface area (TPSA) is 98.8 Å². The van der Waals surface area contributed by atoms with Gasteiger partial charge >= 0.3 is 5.69 Å². The highest BCUT2D eigenvalue weighted by atomic mass is 19.1. The Morgan fingerprint density at radius 2 is 2.30 bits per heavy atom. The number of aromatic nitrogens is 4. The van der Waals surface area contributed by atoms with Crippen LogP contribution >= 0.6 is 0 Å². The lowest BCUT2D eigenvalue weighted by Crippen LogP contribution is -2.21. The van der Waals surface area contributed by atoms with Crippen molar-refractivity contribution in [2.45, 2.75) is 19.9 Å². The van der Waals surface area contributed by atoms with Gasteiger partial charge in [0.05, 0.1) is 16.7 Å². The van der Waals surface area contributed by atoms with Crippen LogP contribution in [0.1, 0.15) is 25.7 Å². The molecular formula is C11H13FN6O2. The number of halogens is 1. The van der Waals surface area contributed by atoms with Crippen molar-refractivity contribution in [1.29, 1.82) is 0 Å². The second kappa shape index (κ2) is 5.70. The smallest absolute Gasteiger partial charge is 0.306 e. The number of nitrogens with zero attached hydrogens (tertiary/aromatic N) is 5. The summed E-state index contributed by atoms with van der Waals surface area (Å²) in [5, 5.41) is 25.1. The third-order valence-corrected chi connectivity index (χ3v) is 2.76. The van der Waals surface area contributed by atoms with E-state index in [0.29, 0.717) is 11.5 Å². The molecule has 0 saturated heterocycles. The third kappa shape index (κ3) is 2.62. The molecule has 0 radical (unpaired) electrons. The molecule has 0 amide bonds. The van der Waals surface area contributed by atoms with Gasteiger partial charge < -0.3 is 5.32 Å². The van der Waals surface area contributed by atoms with Crippen molar-refractivity contribution in [3.05, 3.63) is 40.0 Å². The minimum atomic E-state index is -0.895. The van der Waals surface area contributed by atoms with E-state index in [1.807, 2.05) is 13.8 Å².